The van der Waals surface area contributed by atoms with Gasteiger partial charge in [-0.1, -0.05) is 23.2 Å². The Morgan fingerprint density at radius 3 is 2.59 bits per heavy atom. The van der Waals surface area contributed by atoms with Gasteiger partial charge in [-0.2, -0.15) is 0 Å². The van der Waals surface area contributed by atoms with Crippen molar-refractivity contribution >= 4 is 56.4 Å². The summed E-state index contributed by atoms with van der Waals surface area (Å²) in [6.07, 6.45) is 1.67. The zero-order valence-corrected chi connectivity index (χ0v) is 18.0. The van der Waals surface area contributed by atoms with Crippen LogP contribution < -0.4 is 14.9 Å². The largest absolute Gasteiger partial charge is 0.343 e. The Kier molecular flexibility index (Phi) is 6.07. The molecule has 1 heterocycles. The molecule has 0 fully saturated rings. The van der Waals surface area contributed by atoms with Gasteiger partial charge in [0.1, 0.15) is 0 Å². The second-order valence-electron chi connectivity index (χ2n) is 6.81. The van der Waals surface area contributed by atoms with Crippen molar-refractivity contribution in [3.8, 4) is 0 Å². The first kappa shape index (κ1) is 21.4. The summed E-state index contributed by atoms with van der Waals surface area (Å²) >= 11 is 11.9. The number of hydrogen-bond acceptors (Lipinski definition) is 4. The van der Waals surface area contributed by atoms with E-state index in [4.69, 9.17) is 23.2 Å². The predicted molar refractivity (Wildman–Crippen MR) is 114 cm³/mol. The van der Waals surface area contributed by atoms with E-state index in [-0.39, 0.29) is 12.6 Å². The molecule has 0 saturated heterocycles. The summed E-state index contributed by atoms with van der Waals surface area (Å²) < 4.78 is 25.3. The van der Waals surface area contributed by atoms with Crippen LogP contribution in [-0.4, -0.2) is 39.1 Å². The summed E-state index contributed by atoms with van der Waals surface area (Å²) in [7, 11) is -3.40. The zero-order chi connectivity index (χ0) is 21.3. The number of rotatable bonds is 5. The van der Waals surface area contributed by atoms with Gasteiger partial charge >= 0.3 is 0 Å². The average molecular weight is 456 g/mol. The molecular formula is C19H19Cl2N3O4S. The molecule has 1 aliphatic rings. The Hall–Kier alpha value is -2.29. The van der Waals surface area contributed by atoms with E-state index in [1.165, 1.54) is 16.4 Å². The molecule has 0 saturated carbocycles. The van der Waals surface area contributed by atoms with Gasteiger partial charge in [0.15, 0.2) is 0 Å². The third-order valence-corrected chi connectivity index (χ3v) is 6.30. The fraction of sp³-hybridized carbons (Fsp3) is 0.263. The minimum absolute atomic E-state index is 0.216. The van der Waals surface area contributed by atoms with Crippen molar-refractivity contribution in [3.05, 3.63) is 57.6 Å². The van der Waals surface area contributed by atoms with E-state index in [1.54, 1.807) is 24.3 Å². The monoisotopic (exact) mass is 455 g/mol. The van der Waals surface area contributed by atoms with Gasteiger partial charge in [-0.3, -0.25) is 13.9 Å². The maximum atomic E-state index is 12.4. The molecule has 10 heteroatoms. The Morgan fingerprint density at radius 2 is 1.90 bits per heavy atom. The minimum Gasteiger partial charge on any atom is -0.343 e. The Bertz CT molecular complexity index is 1090. The number of nitrogens with zero attached hydrogens (tertiary/aromatic N) is 1. The summed E-state index contributed by atoms with van der Waals surface area (Å²) in [6.45, 7) is 1.55. The van der Waals surface area contributed by atoms with Crippen LogP contribution in [0.3, 0.4) is 0 Å². The van der Waals surface area contributed by atoms with Crippen LogP contribution in [0, 0.1) is 0 Å². The number of fused-ring (bicyclic) bond motifs is 1. The van der Waals surface area contributed by atoms with Crippen molar-refractivity contribution in [3.63, 3.8) is 0 Å². The molecule has 2 N–H and O–H groups in total. The predicted octanol–water partition coefficient (Wildman–Crippen LogP) is 3.07. The number of sulfonamides is 1. The lowest BCUT2D eigenvalue weighted by Gasteiger charge is -2.21. The topological polar surface area (TPSA) is 95.6 Å². The molecule has 1 atom stereocenters. The van der Waals surface area contributed by atoms with Crippen LogP contribution >= 0.6 is 23.2 Å². The van der Waals surface area contributed by atoms with Crippen LogP contribution in [0.25, 0.3) is 0 Å². The molecule has 1 unspecified atom stereocenters. The lowest BCUT2D eigenvalue weighted by Crippen LogP contribution is -2.34. The summed E-state index contributed by atoms with van der Waals surface area (Å²) in [5, 5.41) is 5.87. The number of anilines is 2. The first-order valence-electron chi connectivity index (χ1n) is 8.71. The highest BCUT2D eigenvalue weighted by molar-refractivity contribution is 7.92. The first-order chi connectivity index (χ1) is 13.6. The molecule has 3 rings (SSSR count). The maximum Gasteiger partial charge on any atom is 0.251 e. The van der Waals surface area contributed by atoms with Crippen LogP contribution in [0.15, 0.2) is 36.4 Å². The molecular weight excluding hydrogens is 437 g/mol. The molecule has 0 aliphatic carbocycles. The van der Waals surface area contributed by atoms with Crippen LogP contribution in [0.5, 0.6) is 0 Å². The molecule has 7 nitrogen and oxygen atoms in total. The Balaban J connectivity index is 1.66. The third-order valence-electron chi connectivity index (χ3n) is 4.46. The van der Waals surface area contributed by atoms with Crippen LogP contribution in [0.4, 0.5) is 11.4 Å². The number of carbonyl (C=O) groups excluding carboxylic acids is 2. The van der Waals surface area contributed by atoms with Crippen molar-refractivity contribution < 1.29 is 18.0 Å². The minimum atomic E-state index is -3.40. The number of amides is 2. The fourth-order valence-corrected chi connectivity index (χ4v) is 4.90. The fourth-order valence-electron chi connectivity index (χ4n) is 3.30. The van der Waals surface area contributed by atoms with Gasteiger partial charge in [-0.25, -0.2) is 8.42 Å². The van der Waals surface area contributed by atoms with Gasteiger partial charge in [0.25, 0.3) is 5.91 Å². The van der Waals surface area contributed by atoms with E-state index in [9.17, 15) is 18.0 Å². The van der Waals surface area contributed by atoms with Gasteiger partial charge in [0, 0.05) is 16.6 Å². The summed E-state index contributed by atoms with van der Waals surface area (Å²) in [5.41, 5.74) is 2.04. The molecule has 2 aromatic carbocycles. The molecule has 2 aromatic rings. The smallest absolute Gasteiger partial charge is 0.251 e. The molecule has 0 spiro atoms. The Morgan fingerprint density at radius 1 is 1.17 bits per heavy atom. The first-order valence-corrected chi connectivity index (χ1v) is 11.3. The van der Waals surface area contributed by atoms with E-state index >= 15 is 0 Å². The lowest BCUT2D eigenvalue weighted by atomic mass is 10.1. The van der Waals surface area contributed by atoms with E-state index in [1.807, 2.05) is 6.92 Å². The van der Waals surface area contributed by atoms with Crippen molar-refractivity contribution in [1.82, 2.24) is 5.32 Å². The van der Waals surface area contributed by atoms with Crippen LogP contribution in [0.2, 0.25) is 10.0 Å². The van der Waals surface area contributed by atoms with E-state index in [2.05, 4.69) is 10.6 Å². The molecule has 154 valence electrons. The van der Waals surface area contributed by atoms with Crippen molar-refractivity contribution in [2.45, 2.75) is 19.4 Å². The molecule has 29 heavy (non-hydrogen) atoms. The van der Waals surface area contributed by atoms with Gasteiger partial charge < -0.3 is 10.6 Å². The normalized spacial score (nSPS) is 15.7. The van der Waals surface area contributed by atoms with Gasteiger partial charge in [-0.15, -0.1) is 0 Å². The number of nitrogens with one attached hydrogen (secondary N) is 2. The highest BCUT2D eigenvalue weighted by Crippen LogP contribution is 2.34. The lowest BCUT2D eigenvalue weighted by molar-refractivity contribution is -0.115. The maximum absolute atomic E-state index is 12.4. The number of hydrogen-bond donors (Lipinski definition) is 2. The second kappa shape index (κ2) is 8.22. The standard InChI is InChI=1S/C19H19Cl2N3O4S/c1-11-7-13-8-12(3-6-17(13)24(11)29(2,27)28)19(26)22-10-18(25)23-16-9-14(20)4-5-15(16)21/h3-6,8-9,11H,7,10H2,1-2H3,(H,22,26)(H,23,25). The van der Waals surface area contributed by atoms with Gasteiger partial charge in [-0.05, 0) is 55.3 Å². The molecule has 0 radical (unpaired) electrons. The third kappa shape index (κ3) is 4.83. The average Bonchev–Trinajstić information content (AvgIpc) is 2.97. The number of halogens is 2. The molecule has 0 bridgehead atoms. The highest BCUT2D eigenvalue weighted by atomic mass is 35.5. The quantitative estimate of drug-likeness (QED) is 0.723. The Labute approximate surface area is 179 Å². The van der Waals surface area contributed by atoms with Crippen molar-refractivity contribution in [2.75, 3.05) is 22.4 Å². The van der Waals surface area contributed by atoms with Crippen LogP contribution in [-0.2, 0) is 21.2 Å². The van der Waals surface area contributed by atoms with E-state index in [0.29, 0.717) is 33.4 Å². The summed E-state index contributed by atoms with van der Waals surface area (Å²) in [5.74, 6) is -0.897. The SMILES string of the molecule is CC1Cc2cc(C(=O)NCC(=O)Nc3cc(Cl)ccc3Cl)ccc2N1S(C)(=O)=O. The van der Waals surface area contributed by atoms with Gasteiger partial charge in [0.05, 0.1) is 29.2 Å². The number of carbonyl (C=O) groups is 2. The van der Waals surface area contributed by atoms with Crippen LogP contribution in [0.1, 0.15) is 22.8 Å². The number of benzene rings is 2. The van der Waals surface area contributed by atoms with E-state index < -0.39 is 21.8 Å². The molecule has 0 aromatic heterocycles. The zero-order valence-electron chi connectivity index (χ0n) is 15.7. The van der Waals surface area contributed by atoms with Crippen molar-refractivity contribution in [2.24, 2.45) is 0 Å². The highest BCUT2D eigenvalue weighted by Gasteiger charge is 2.32. The second-order valence-corrected chi connectivity index (χ2v) is 9.51. The summed E-state index contributed by atoms with van der Waals surface area (Å²) in [6, 6.07) is 9.25. The van der Waals surface area contributed by atoms with Crippen molar-refractivity contribution in [1.29, 1.82) is 0 Å². The molecule has 1 aliphatic heterocycles. The van der Waals surface area contributed by atoms with Gasteiger partial charge in [0.2, 0.25) is 15.9 Å². The van der Waals surface area contributed by atoms with E-state index in [0.717, 1.165) is 11.8 Å². The molecule has 2 amide bonds. The summed E-state index contributed by atoms with van der Waals surface area (Å²) in [4.78, 5) is 24.5.